The minimum Gasteiger partial charge on any atom is -0.494 e. The van der Waals surface area contributed by atoms with Crippen molar-refractivity contribution >= 4 is 5.96 Å². The Bertz CT molecular complexity index is 761. The van der Waals surface area contributed by atoms with E-state index in [9.17, 15) is 0 Å². The zero-order valence-corrected chi connectivity index (χ0v) is 18.0. The van der Waals surface area contributed by atoms with Crippen LogP contribution >= 0.6 is 0 Å². The number of nitrogens with one attached hydrogen (secondary N) is 2. The highest BCUT2D eigenvalue weighted by Gasteiger charge is 2.12. The van der Waals surface area contributed by atoms with E-state index in [1.165, 1.54) is 11.1 Å². The summed E-state index contributed by atoms with van der Waals surface area (Å²) in [7, 11) is 0. The highest BCUT2D eigenvalue weighted by molar-refractivity contribution is 5.79. The summed E-state index contributed by atoms with van der Waals surface area (Å²) in [5.74, 6) is 1.76. The molecule has 2 aromatic rings. The van der Waals surface area contributed by atoms with Gasteiger partial charge in [-0.2, -0.15) is 0 Å². The molecule has 3 rings (SSSR count). The van der Waals surface area contributed by atoms with Crippen LogP contribution in [0.4, 0.5) is 0 Å². The number of hydrogen-bond acceptors (Lipinski definition) is 4. The molecule has 6 nitrogen and oxygen atoms in total. The van der Waals surface area contributed by atoms with Crippen LogP contribution in [0, 0.1) is 0 Å². The van der Waals surface area contributed by atoms with E-state index in [-0.39, 0.29) is 0 Å². The second-order valence-corrected chi connectivity index (χ2v) is 7.29. The summed E-state index contributed by atoms with van der Waals surface area (Å²) in [6, 6.07) is 18.5. The standard InChI is InChI=1S/C24H34N4O2/c1-2-25-24(26-13-8-16-30-23-11-4-3-5-12-23)27-19-21-9-6-7-10-22(21)20-28-14-17-29-18-15-28/h3-7,9-12H,2,8,13-20H2,1H3,(H2,25,26,27). The first-order valence-corrected chi connectivity index (χ1v) is 10.9. The topological polar surface area (TPSA) is 58.1 Å². The van der Waals surface area contributed by atoms with Crippen LogP contribution in [0.2, 0.25) is 0 Å². The lowest BCUT2D eigenvalue weighted by Crippen LogP contribution is -2.38. The summed E-state index contributed by atoms with van der Waals surface area (Å²) in [6.45, 7) is 9.66. The van der Waals surface area contributed by atoms with Crippen molar-refractivity contribution in [3.63, 3.8) is 0 Å². The highest BCUT2D eigenvalue weighted by atomic mass is 16.5. The summed E-state index contributed by atoms with van der Waals surface area (Å²) in [6.07, 6.45) is 0.910. The highest BCUT2D eigenvalue weighted by Crippen LogP contribution is 2.14. The molecule has 1 fully saturated rings. The summed E-state index contributed by atoms with van der Waals surface area (Å²) in [5.41, 5.74) is 2.61. The lowest BCUT2D eigenvalue weighted by molar-refractivity contribution is 0.0341. The Labute approximate surface area is 180 Å². The Hall–Kier alpha value is -2.57. The fourth-order valence-electron chi connectivity index (χ4n) is 3.36. The monoisotopic (exact) mass is 410 g/mol. The van der Waals surface area contributed by atoms with Gasteiger partial charge >= 0.3 is 0 Å². The molecule has 0 atom stereocenters. The molecule has 0 saturated carbocycles. The van der Waals surface area contributed by atoms with Gasteiger partial charge in [0.15, 0.2) is 5.96 Å². The van der Waals surface area contributed by atoms with Crippen molar-refractivity contribution in [2.45, 2.75) is 26.4 Å². The second kappa shape index (κ2) is 12.9. The number of hydrogen-bond donors (Lipinski definition) is 2. The number of rotatable bonds is 10. The van der Waals surface area contributed by atoms with Crippen LogP contribution in [0.25, 0.3) is 0 Å². The molecular weight excluding hydrogens is 376 g/mol. The molecule has 0 bridgehead atoms. The summed E-state index contributed by atoms with van der Waals surface area (Å²) < 4.78 is 11.2. The number of benzene rings is 2. The van der Waals surface area contributed by atoms with Crippen molar-refractivity contribution in [1.29, 1.82) is 0 Å². The summed E-state index contributed by atoms with van der Waals surface area (Å²) in [4.78, 5) is 7.25. The molecule has 0 aromatic heterocycles. The Kier molecular flexibility index (Phi) is 9.50. The molecule has 1 aliphatic heterocycles. The third-order valence-corrected chi connectivity index (χ3v) is 4.99. The van der Waals surface area contributed by atoms with E-state index >= 15 is 0 Å². The van der Waals surface area contributed by atoms with Gasteiger partial charge in [0.25, 0.3) is 0 Å². The zero-order chi connectivity index (χ0) is 20.9. The van der Waals surface area contributed by atoms with Gasteiger partial charge in [0.2, 0.25) is 0 Å². The predicted octanol–water partition coefficient (Wildman–Crippen LogP) is 3.04. The quantitative estimate of drug-likeness (QED) is 0.358. The van der Waals surface area contributed by atoms with Crippen LogP contribution in [-0.2, 0) is 17.8 Å². The first-order valence-electron chi connectivity index (χ1n) is 10.9. The van der Waals surface area contributed by atoms with Crippen molar-refractivity contribution in [2.24, 2.45) is 4.99 Å². The van der Waals surface area contributed by atoms with Crippen molar-refractivity contribution in [3.8, 4) is 5.75 Å². The Morgan fingerprint density at radius 3 is 2.50 bits per heavy atom. The largest absolute Gasteiger partial charge is 0.494 e. The van der Waals surface area contributed by atoms with E-state index < -0.39 is 0 Å². The zero-order valence-electron chi connectivity index (χ0n) is 18.0. The van der Waals surface area contributed by atoms with Crippen molar-refractivity contribution in [2.75, 3.05) is 46.0 Å². The fraction of sp³-hybridized carbons (Fsp3) is 0.458. The van der Waals surface area contributed by atoms with Gasteiger partial charge in [0, 0.05) is 32.7 Å². The molecule has 0 radical (unpaired) electrons. The predicted molar refractivity (Wildman–Crippen MR) is 122 cm³/mol. The van der Waals surface area contributed by atoms with Crippen LogP contribution in [0.3, 0.4) is 0 Å². The minimum absolute atomic E-state index is 0.663. The Morgan fingerprint density at radius 1 is 1.00 bits per heavy atom. The van der Waals surface area contributed by atoms with Crippen LogP contribution in [0.1, 0.15) is 24.5 Å². The molecule has 0 spiro atoms. The maximum atomic E-state index is 5.75. The first kappa shape index (κ1) is 22.1. The molecule has 6 heteroatoms. The summed E-state index contributed by atoms with van der Waals surface area (Å²) in [5, 5.41) is 6.74. The normalized spacial score (nSPS) is 15.0. The van der Waals surface area contributed by atoms with Gasteiger partial charge in [-0.25, -0.2) is 4.99 Å². The van der Waals surface area contributed by atoms with Crippen molar-refractivity contribution in [1.82, 2.24) is 15.5 Å². The Balaban J connectivity index is 1.47. The van der Waals surface area contributed by atoms with Gasteiger partial charge in [-0.05, 0) is 36.6 Å². The van der Waals surface area contributed by atoms with Gasteiger partial charge < -0.3 is 20.1 Å². The molecule has 1 saturated heterocycles. The molecule has 2 N–H and O–H groups in total. The maximum absolute atomic E-state index is 5.75. The molecule has 0 aliphatic carbocycles. The SMILES string of the molecule is CCNC(=NCc1ccccc1CN1CCOCC1)NCCCOc1ccccc1. The Morgan fingerprint density at radius 2 is 1.73 bits per heavy atom. The van der Waals surface area contributed by atoms with Crippen molar-refractivity contribution in [3.05, 3.63) is 65.7 Å². The fourth-order valence-corrected chi connectivity index (χ4v) is 3.36. The van der Waals surface area contributed by atoms with Gasteiger partial charge in [-0.15, -0.1) is 0 Å². The van der Waals surface area contributed by atoms with Crippen LogP contribution < -0.4 is 15.4 Å². The molecule has 2 aromatic carbocycles. The molecule has 1 heterocycles. The van der Waals surface area contributed by atoms with E-state index in [4.69, 9.17) is 14.5 Å². The van der Waals surface area contributed by atoms with E-state index in [2.05, 4.69) is 46.7 Å². The maximum Gasteiger partial charge on any atom is 0.191 e. The van der Waals surface area contributed by atoms with Crippen LogP contribution in [0.5, 0.6) is 5.75 Å². The third-order valence-electron chi connectivity index (χ3n) is 4.99. The number of morpholine rings is 1. The minimum atomic E-state index is 0.663. The van der Waals surface area contributed by atoms with Gasteiger partial charge in [-0.1, -0.05) is 42.5 Å². The first-order chi connectivity index (χ1) is 14.8. The van der Waals surface area contributed by atoms with Gasteiger partial charge in [0.05, 0.1) is 26.4 Å². The number of para-hydroxylation sites is 1. The molecule has 0 amide bonds. The van der Waals surface area contributed by atoms with Crippen molar-refractivity contribution < 1.29 is 9.47 Å². The molecular formula is C24H34N4O2. The second-order valence-electron chi connectivity index (χ2n) is 7.29. The van der Waals surface area contributed by atoms with E-state index in [0.29, 0.717) is 13.2 Å². The summed E-state index contributed by atoms with van der Waals surface area (Å²) >= 11 is 0. The number of ether oxygens (including phenoxy) is 2. The van der Waals surface area contributed by atoms with E-state index in [1.807, 2.05) is 30.3 Å². The third kappa shape index (κ3) is 7.69. The van der Waals surface area contributed by atoms with E-state index in [0.717, 1.165) is 64.1 Å². The lowest BCUT2D eigenvalue weighted by Gasteiger charge is -2.27. The number of nitrogens with zero attached hydrogens (tertiary/aromatic N) is 2. The average Bonchev–Trinajstić information content (AvgIpc) is 2.79. The van der Waals surface area contributed by atoms with Crippen LogP contribution in [-0.4, -0.2) is 56.9 Å². The van der Waals surface area contributed by atoms with Crippen LogP contribution in [0.15, 0.2) is 59.6 Å². The smallest absolute Gasteiger partial charge is 0.191 e. The average molecular weight is 411 g/mol. The number of aliphatic imine (C=N–C) groups is 1. The number of guanidine groups is 1. The van der Waals surface area contributed by atoms with Gasteiger partial charge in [-0.3, -0.25) is 4.90 Å². The molecule has 1 aliphatic rings. The lowest BCUT2D eigenvalue weighted by atomic mass is 10.1. The molecule has 30 heavy (non-hydrogen) atoms. The van der Waals surface area contributed by atoms with E-state index in [1.54, 1.807) is 0 Å². The van der Waals surface area contributed by atoms with Gasteiger partial charge in [0.1, 0.15) is 5.75 Å². The molecule has 162 valence electrons. The molecule has 0 unspecified atom stereocenters.